The maximum absolute atomic E-state index is 12.5. The smallest absolute Gasteiger partial charge is 0.171 e. The van der Waals surface area contributed by atoms with E-state index in [1.165, 1.54) is 31.2 Å². The molecular weight excluding hydrogens is 340 g/mol. The maximum atomic E-state index is 12.5. The van der Waals surface area contributed by atoms with Crippen molar-refractivity contribution in [1.82, 2.24) is 0 Å². The lowest BCUT2D eigenvalue weighted by Crippen LogP contribution is -2.07. The van der Waals surface area contributed by atoms with Crippen LogP contribution in [0.5, 0.6) is 23.0 Å². The van der Waals surface area contributed by atoms with Crippen LogP contribution in [0.4, 0.5) is 0 Å². The summed E-state index contributed by atoms with van der Waals surface area (Å²) in [5, 5.41) is 29.7. The van der Waals surface area contributed by atoms with E-state index in [2.05, 4.69) is 0 Å². The number of ether oxygens (including phenoxy) is 2. The zero-order valence-corrected chi connectivity index (χ0v) is 14.1. The third-order valence-corrected chi connectivity index (χ3v) is 3.98. The number of Topliss-reactive ketones (excluding diaryl/α,β-unsaturated/α-hetero) is 2. The molecule has 1 aliphatic rings. The highest BCUT2D eigenvalue weighted by atomic mass is 16.6. The number of epoxide rings is 1. The molecule has 1 unspecified atom stereocenters. The molecule has 3 N–H and O–H groups in total. The third-order valence-electron chi connectivity index (χ3n) is 3.98. The van der Waals surface area contributed by atoms with Crippen molar-refractivity contribution in [2.75, 3.05) is 13.2 Å². The van der Waals surface area contributed by atoms with E-state index in [4.69, 9.17) is 9.47 Å². The molecule has 7 nitrogen and oxygen atoms in total. The number of aromatic hydroxyl groups is 3. The standard InChI is InChI=1S/C19H18O7/c1-10(20)19-17(23)5-11(6-18(19)24)4-16(22)14-7-12(2-3-15(14)21)25-8-13-9-26-13/h2-3,5-7,13,21,23-24H,4,8-9H2,1H3. The first kappa shape index (κ1) is 17.8. The van der Waals surface area contributed by atoms with Crippen molar-refractivity contribution in [3.05, 3.63) is 47.0 Å². The topological polar surface area (TPSA) is 117 Å². The number of carbonyl (C=O) groups excluding carboxylic acids is 2. The molecule has 1 saturated heterocycles. The Balaban J connectivity index is 1.79. The van der Waals surface area contributed by atoms with E-state index in [1.807, 2.05) is 0 Å². The van der Waals surface area contributed by atoms with Crippen LogP contribution in [0.25, 0.3) is 0 Å². The molecule has 0 aliphatic carbocycles. The molecule has 0 aromatic heterocycles. The van der Waals surface area contributed by atoms with Crippen LogP contribution >= 0.6 is 0 Å². The van der Waals surface area contributed by atoms with Gasteiger partial charge in [-0.05, 0) is 42.8 Å². The molecule has 1 fully saturated rings. The second-order valence-electron chi connectivity index (χ2n) is 6.11. The summed E-state index contributed by atoms with van der Waals surface area (Å²) in [5.41, 5.74) is 0.183. The molecule has 0 spiro atoms. The molecule has 1 aliphatic heterocycles. The molecule has 0 radical (unpaired) electrons. The van der Waals surface area contributed by atoms with Crippen LogP contribution in [0.1, 0.15) is 33.2 Å². The maximum Gasteiger partial charge on any atom is 0.171 e. The van der Waals surface area contributed by atoms with E-state index in [0.717, 1.165) is 0 Å². The molecule has 0 amide bonds. The summed E-state index contributed by atoms with van der Waals surface area (Å²) < 4.78 is 10.5. The number of hydrogen-bond donors (Lipinski definition) is 3. The molecule has 136 valence electrons. The summed E-state index contributed by atoms with van der Waals surface area (Å²) in [6, 6.07) is 6.84. The van der Waals surface area contributed by atoms with Gasteiger partial charge in [-0.1, -0.05) is 0 Å². The van der Waals surface area contributed by atoms with Gasteiger partial charge < -0.3 is 24.8 Å². The summed E-state index contributed by atoms with van der Waals surface area (Å²) >= 11 is 0. The highest BCUT2D eigenvalue weighted by Gasteiger charge is 2.23. The second kappa shape index (κ2) is 7.05. The molecule has 3 rings (SSSR count). The lowest BCUT2D eigenvalue weighted by Gasteiger charge is -2.10. The van der Waals surface area contributed by atoms with Gasteiger partial charge in [0.2, 0.25) is 0 Å². The number of hydrogen-bond acceptors (Lipinski definition) is 7. The average molecular weight is 358 g/mol. The molecule has 2 aromatic rings. The number of rotatable bonds is 7. The van der Waals surface area contributed by atoms with E-state index in [-0.39, 0.29) is 29.4 Å². The lowest BCUT2D eigenvalue weighted by molar-refractivity contribution is 0.0988. The van der Waals surface area contributed by atoms with E-state index in [0.29, 0.717) is 24.5 Å². The van der Waals surface area contributed by atoms with Gasteiger partial charge in [0.15, 0.2) is 11.6 Å². The molecule has 0 bridgehead atoms. The van der Waals surface area contributed by atoms with E-state index in [1.54, 1.807) is 6.07 Å². The normalized spacial score (nSPS) is 15.5. The molecule has 2 aromatic carbocycles. The van der Waals surface area contributed by atoms with Crippen molar-refractivity contribution < 1.29 is 34.4 Å². The van der Waals surface area contributed by atoms with Crippen molar-refractivity contribution in [3.63, 3.8) is 0 Å². The highest BCUT2D eigenvalue weighted by molar-refractivity contribution is 6.01. The molecule has 0 saturated carbocycles. The van der Waals surface area contributed by atoms with Gasteiger partial charge in [-0.15, -0.1) is 0 Å². The molecule has 26 heavy (non-hydrogen) atoms. The van der Waals surface area contributed by atoms with Crippen LogP contribution in [-0.2, 0) is 11.2 Å². The van der Waals surface area contributed by atoms with Crippen molar-refractivity contribution in [2.45, 2.75) is 19.4 Å². The molecule has 1 heterocycles. The van der Waals surface area contributed by atoms with Gasteiger partial charge in [-0.2, -0.15) is 0 Å². The van der Waals surface area contributed by atoms with Gasteiger partial charge in [-0.25, -0.2) is 0 Å². The predicted molar refractivity (Wildman–Crippen MR) is 91.2 cm³/mol. The Morgan fingerprint density at radius 3 is 2.35 bits per heavy atom. The summed E-state index contributed by atoms with van der Waals surface area (Å²) in [4.78, 5) is 23.9. The van der Waals surface area contributed by atoms with Crippen LogP contribution in [0.3, 0.4) is 0 Å². The van der Waals surface area contributed by atoms with Crippen LogP contribution in [0.15, 0.2) is 30.3 Å². The Morgan fingerprint density at radius 2 is 1.77 bits per heavy atom. The van der Waals surface area contributed by atoms with Gasteiger partial charge in [0, 0.05) is 6.42 Å². The zero-order valence-electron chi connectivity index (χ0n) is 14.1. The highest BCUT2D eigenvalue weighted by Crippen LogP contribution is 2.31. The van der Waals surface area contributed by atoms with Gasteiger partial charge in [-0.3, -0.25) is 9.59 Å². The van der Waals surface area contributed by atoms with Gasteiger partial charge in [0.05, 0.1) is 12.2 Å². The van der Waals surface area contributed by atoms with Crippen molar-refractivity contribution in [3.8, 4) is 23.0 Å². The third kappa shape index (κ3) is 3.94. The Labute approximate surface area is 149 Å². The van der Waals surface area contributed by atoms with Gasteiger partial charge in [0.1, 0.15) is 41.3 Å². The Bertz CT molecular complexity index is 845. The number of carbonyl (C=O) groups is 2. The van der Waals surface area contributed by atoms with Crippen LogP contribution in [-0.4, -0.2) is 46.2 Å². The average Bonchev–Trinajstić information content (AvgIpc) is 3.37. The summed E-state index contributed by atoms with van der Waals surface area (Å²) in [6.07, 6.45) is -0.115. The predicted octanol–water partition coefficient (Wildman–Crippen LogP) is 2.21. The van der Waals surface area contributed by atoms with Gasteiger partial charge in [0.25, 0.3) is 0 Å². The fourth-order valence-corrected chi connectivity index (χ4v) is 2.59. The fourth-order valence-electron chi connectivity index (χ4n) is 2.59. The minimum absolute atomic E-state index is 0.0636. The molecular formula is C19H18O7. The summed E-state index contributed by atoms with van der Waals surface area (Å²) in [6.45, 7) is 2.23. The van der Waals surface area contributed by atoms with Crippen molar-refractivity contribution in [2.24, 2.45) is 0 Å². The first-order valence-corrected chi connectivity index (χ1v) is 8.01. The molecule has 1 atom stereocenters. The first-order chi connectivity index (χ1) is 12.3. The van der Waals surface area contributed by atoms with E-state index >= 15 is 0 Å². The first-order valence-electron chi connectivity index (χ1n) is 8.01. The number of phenols is 3. The number of benzene rings is 2. The van der Waals surface area contributed by atoms with Crippen LogP contribution in [0.2, 0.25) is 0 Å². The Kier molecular flexibility index (Phi) is 4.81. The fraction of sp³-hybridized carbons (Fsp3) is 0.263. The second-order valence-corrected chi connectivity index (χ2v) is 6.11. The van der Waals surface area contributed by atoms with Gasteiger partial charge >= 0.3 is 0 Å². The Morgan fingerprint density at radius 1 is 1.12 bits per heavy atom. The lowest BCUT2D eigenvalue weighted by atomic mass is 9.99. The summed E-state index contributed by atoms with van der Waals surface area (Å²) in [5.74, 6) is -1.47. The minimum Gasteiger partial charge on any atom is -0.507 e. The zero-order chi connectivity index (χ0) is 18.8. The summed E-state index contributed by atoms with van der Waals surface area (Å²) in [7, 11) is 0. The van der Waals surface area contributed by atoms with E-state index < -0.39 is 23.1 Å². The monoisotopic (exact) mass is 358 g/mol. The van der Waals surface area contributed by atoms with Crippen molar-refractivity contribution in [1.29, 1.82) is 0 Å². The number of ketones is 2. The molecule has 7 heteroatoms. The minimum atomic E-state index is -0.486. The van der Waals surface area contributed by atoms with Crippen LogP contribution < -0.4 is 4.74 Å². The largest absolute Gasteiger partial charge is 0.507 e. The number of phenolic OH excluding ortho intramolecular Hbond substituents is 3. The quantitative estimate of drug-likeness (QED) is 0.513. The Hall–Kier alpha value is -3.06. The van der Waals surface area contributed by atoms with Crippen LogP contribution in [0, 0.1) is 0 Å². The van der Waals surface area contributed by atoms with Crippen molar-refractivity contribution >= 4 is 11.6 Å². The SMILES string of the molecule is CC(=O)c1c(O)cc(CC(=O)c2cc(OCC3CO3)ccc2O)cc1O. The van der Waals surface area contributed by atoms with E-state index in [9.17, 15) is 24.9 Å².